The summed E-state index contributed by atoms with van der Waals surface area (Å²) in [5.74, 6) is -1.10. The van der Waals surface area contributed by atoms with Gasteiger partial charge in [-0.25, -0.2) is 19.0 Å². The average molecular weight is 661 g/mol. The molecule has 0 unspecified atom stereocenters. The summed E-state index contributed by atoms with van der Waals surface area (Å²) in [5, 5.41) is 34.1. The first kappa shape index (κ1) is 32.8. The molecule has 5 rings (SSSR count). The SMILES string of the molecule is COC(=O)c1cnn(C)c1N=Nc1c(C)nn(-c2nc(N)nc(-n3nc(CC(C)C)c(N=Nc4c(C(=O)OC)cnn4C)c3N)n2)c1N. The lowest BCUT2D eigenvalue weighted by atomic mass is 10.1. The van der Waals surface area contributed by atoms with Crippen molar-refractivity contribution in [2.24, 2.45) is 40.5 Å². The first-order valence-electron chi connectivity index (χ1n) is 14.1. The maximum absolute atomic E-state index is 12.2. The molecule has 5 aromatic heterocycles. The van der Waals surface area contributed by atoms with Gasteiger partial charge in [-0.3, -0.25) is 0 Å². The van der Waals surface area contributed by atoms with Crippen LogP contribution in [-0.4, -0.2) is 80.2 Å². The zero-order chi connectivity index (χ0) is 34.9. The van der Waals surface area contributed by atoms with Gasteiger partial charge in [0.2, 0.25) is 5.95 Å². The van der Waals surface area contributed by atoms with Crippen LogP contribution in [-0.2, 0) is 30.0 Å². The highest BCUT2D eigenvalue weighted by Gasteiger charge is 2.24. The van der Waals surface area contributed by atoms with E-state index in [2.05, 4.69) is 55.8 Å². The summed E-state index contributed by atoms with van der Waals surface area (Å²) in [6.07, 6.45) is 3.10. The van der Waals surface area contributed by atoms with Gasteiger partial charge in [-0.05, 0) is 19.3 Å². The van der Waals surface area contributed by atoms with E-state index in [0.717, 1.165) is 0 Å². The number of ether oxygens (including phenoxy) is 2. The van der Waals surface area contributed by atoms with Crippen LogP contribution in [0.25, 0.3) is 11.9 Å². The number of anilines is 3. The third kappa shape index (κ3) is 6.12. The van der Waals surface area contributed by atoms with Crippen LogP contribution in [0.2, 0.25) is 0 Å². The molecule has 250 valence electrons. The summed E-state index contributed by atoms with van der Waals surface area (Å²) in [6.45, 7) is 5.63. The van der Waals surface area contributed by atoms with Gasteiger partial charge < -0.3 is 26.7 Å². The first-order chi connectivity index (χ1) is 22.8. The Morgan fingerprint density at radius 3 is 1.75 bits per heavy atom. The topological polar surface area (TPSA) is 290 Å². The predicted molar refractivity (Wildman–Crippen MR) is 168 cm³/mol. The van der Waals surface area contributed by atoms with Crippen molar-refractivity contribution in [1.82, 2.24) is 54.1 Å². The summed E-state index contributed by atoms with van der Waals surface area (Å²) in [4.78, 5) is 37.2. The highest BCUT2D eigenvalue weighted by molar-refractivity contribution is 5.94. The number of aryl methyl sites for hydroxylation is 3. The maximum atomic E-state index is 12.2. The largest absolute Gasteiger partial charge is 0.465 e. The summed E-state index contributed by atoms with van der Waals surface area (Å²) in [7, 11) is 5.69. The number of nitrogens with zero attached hydrogens (tertiary/aromatic N) is 15. The zero-order valence-electron chi connectivity index (χ0n) is 27.0. The fraction of sp³-hybridized carbons (Fsp3) is 0.346. The van der Waals surface area contributed by atoms with Crippen LogP contribution in [0.1, 0.15) is 46.0 Å². The molecule has 0 aromatic carbocycles. The van der Waals surface area contributed by atoms with Crippen molar-refractivity contribution < 1.29 is 19.1 Å². The molecule has 0 aliphatic rings. The number of nitrogens with two attached hydrogens (primary N) is 3. The van der Waals surface area contributed by atoms with Gasteiger partial charge in [-0.1, -0.05) is 13.8 Å². The number of hydrogen-bond acceptors (Lipinski definition) is 18. The monoisotopic (exact) mass is 660 g/mol. The number of esters is 2. The number of carbonyl (C=O) groups is 2. The smallest absolute Gasteiger partial charge is 0.343 e. The number of aromatic nitrogens is 11. The quantitative estimate of drug-likeness (QED) is 0.143. The Bertz CT molecular complexity index is 2080. The summed E-state index contributed by atoms with van der Waals surface area (Å²) in [5.41, 5.74) is 20.5. The van der Waals surface area contributed by atoms with Crippen molar-refractivity contribution in [2.75, 3.05) is 31.4 Å². The molecule has 0 spiro atoms. The van der Waals surface area contributed by atoms with Gasteiger partial charge in [-0.2, -0.15) is 44.7 Å². The molecule has 6 N–H and O–H groups in total. The first-order valence-corrected chi connectivity index (χ1v) is 14.1. The molecule has 0 atom stereocenters. The lowest BCUT2D eigenvalue weighted by Gasteiger charge is -2.07. The molecular weight excluding hydrogens is 628 g/mol. The number of nitrogen functional groups attached to an aromatic ring is 3. The van der Waals surface area contributed by atoms with Crippen molar-refractivity contribution >= 4 is 52.5 Å². The Balaban J connectivity index is 1.55. The highest BCUT2D eigenvalue weighted by atomic mass is 16.5. The molecule has 5 heterocycles. The molecule has 0 saturated heterocycles. The second-order valence-corrected chi connectivity index (χ2v) is 10.6. The average Bonchev–Trinajstić information content (AvgIpc) is 3.77. The Hall–Kier alpha value is -6.61. The number of azo groups is 2. The van der Waals surface area contributed by atoms with Gasteiger partial charge in [0, 0.05) is 14.1 Å². The molecule has 0 saturated carbocycles. The minimum atomic E-state index is -0.632. The Morgan fingerprint density at radius 1 is 0.771 bits per heavy atom. The van der Waals surface area contributed by atoms with E-state index in [-0.39, 0.29) is 69.5 Å². The normalized spacial score (nSPS) is 11.8. The Labute approximate surface area is 271 Å². The molecule has 22 nitrogen and oxygen atoms in total. The maximum Gasteiger partial charge on any atom is 0.343 e. The van der Waals surface area contributed by atoms with E-state index < -0.39 is 11.9 Å². The second-order valence-electron chi connectivity index (χ2n) is 10.6. The van der Waals surface area contributed by atoms with E-state index >= 15 is 0 Å². The van der Waals surface area contributed by atoms with Crippen LogP contribution in [0.15, 0.2) is 32.9 Å². The minimum absolute atomic E-state index is 0.00981. The Morgan fingerprint density at radius 2 is 1.25 bits per heavy atom. The predicted octanol–water partition coefficient (Wildman–Crippen LogP) is 2.37. The van der Waals surface area contributed by atoms with E-state index in [1.807, 2.05) is 13.8 Å². The second kappa shape index (κ2) is 13.0. The van der Waals surface area contributed by atoms with Crippen molar-refractivity contribution in [3.8, 4) is 11.9 Å². The lowest BCUT2D eigenvalue weighted by Crippen LogP contribution is -2.15. The van der Waals surface area contributed by atoms with Crippen LogP contribution in [0.3, 0.4) is 0 Å². The zero-order valence-corrected chi connectivity index (χ0v) is 27.0. The molecule has 0 aliphatic carbocycles. The molecule has 0 aliphatic heterocycles. The van der Waals surface area contributed by atoms with Crippen LogP contribution < -0.4 is 17.2 Å². The lowest BCUT2D eigenvalue weighted by molar-refractivity contribution is 0.0592. The van der Waals surface area contributed by atoms with Crippen molar-refractivity contribution in [3.63, 3.8) is 0 Å². The van der Waals surface area contributed by atoms with Gasteiger partial charge in [0.1, 0.15) is 11.1 Å². The molecule has 0 radical (unpaired) electrons. The highest BCUT2D eigenvalue weighted by Crippen LogP contribution is 2.34. The molecule has 0 bridgehead atoms. The summed E-state index contributed by atoms with van der Waals surface area (Å²) < 4.78 is 14.8. The third-order valence-corrected chi connectivity index (χ3v) is 6.75. The van der Waals surface area contributed by atoms with Gasteiger partial charge in [0.05, 0.1) is 38.0 Å². The number of rotatable bonds is 10. The van der Waals surface area contributed by atoms with E-state index in [1.165, 1.54) is 45.3 Å². The van der Waals surface area contributed by atoms with E-state index in [0.29, 0.717) is 17.8 Å². The molecule has 48 heavy (non-hydrogen) atoms. The summed E-state index contributed by atoms with van der Waals surface area (Å²) in [6, 6.07) is 0. The number of carbonyl (C=O) groups excluding carboxylic acids is 2. The van der Waals surface area contributed by atoms with Crippen LogP contribution in [0.4, 0.5) is 40.6 Å². The fourth-order valence-electron chi connectivity index (χ4n) is 4.43. The van der Waals surface area contributed by atoms with Crippen LogP contribution >= 0.6 is 0 Å². The Kier molecular flexibility index (Phi) is 8.89. The number of methoxy groups -OCH3 is 2. The van der Waals surface area contributed by atoms with E-state index in [4.69, 9.17) is 26.7 Å². The van der Waals surface area contributed by atoms with Crippen LogP contribution in [0, 0.1) is 12.8 Å². The fourth-order valence-corrected chi connectivity index (χ4v) is 4.43. The molecular formula is C26H32N18O4. The summed E-state index contributed by atoms with van der Waals surface area (Å²) >= 11 is 0. The molecule has 0 fully saturated rings. The van der Waals surface area contributed by atoms with E-state index in [1.54, 1.807) is 21.0 Å². The van der Waals surface area contributed by atoms with Crippen molar-refractivity contribution in [1.29, 1.82) is 0 Å². The molecule has 5 aromatic rings. The van der Waals surface area contributed by atoms with Crippen molar-refractivity contribution in [2.45, 2.75) is 27.2 Å². The molecule has 22 heteroatoms. The van der Waals surface area contributed by atoms with E-state index in [9.17, 15) is 9.59 Å². The van der Waals surface area contributed by atoms with Gasteiger partial charge in [-0.15, -0.1) is 20.5 Å². The van der Waals surface area contributed by atoms with Gasteiger partial charge in [0.25, 0.3) is 11.9 Å². The van der Waals surface area contributed by atoms with Gasteiger partial charge >= 0.3 is 11.9 Å². The molecule has 0 amide bonds. The van der Waals surface area contributed by atoms with Crippen LogP contribution in [0.5, 0.6) is 0 Å². The third-order valence-electron chi connectivity index (χ3n) is 6.75. The van der Waals surface area contributed by atoms with Crippen molar-refractivity contribution in [3.05, 3.63) is 34.9 Å². The standard InChI is InChI=1S/C26H32N18O4/c1-11(2)8-15-17(36-38-21-14(23(46)48-7)10-31-42(21)5)19(28)44(40-15)26-33-24(29)32-25(34-26)43-18(27)16(12(3)39-43)35-37-20-13(22(45)47-6)9-30-41(20)4/h9-11H,8,27-28H2,1-7H3,(H2,29,32,33,34). The minimum Gasteiger partial charge on any atom is -0.465 e. The number of hydrogen-bond donors (Lipinski definition) is 3. The van der Waals surface area contributed by atoms with Gasteiger partial charge in [0.15, 0.2) is 34.6 Å².